The van der Waals surface area contributed by atoms with Gasteiger partial charge in [0.2, 0.25) is 0 Å². The summed E-state index contributed by atoms with van der Waals surface area (Å²) in [6, 6.07) is -1.16. The molecule has 8 nitrogen and oxygen atoms in total. The molecule has 2 heterocycles. The van der Waals surface area contributed by atoms with Crippen molar-refractivity contribution >= 4 is 33.2 Å². The molecule has 1 unspecified atom stereocenters. The van der Waals surface area contributed by atoms with Gasteiger partial charge in [0.25, 0.3) is 0 Å². The third-order valence-corrected chi connectivity index (χ3v) is 6.15. The smallest absolute Gasteiger partial charge is 0.305 e. The van der Waals surface area contributed by atoms with Gasteiger partial charge in [0.1, 0.15) is 5.69 Å². The van der Waals surface area contributed by atoms with Gasteiger partial charge >= 0.3 is 12.2 Å². The predicted octanol–water partition coefficient (Wildman–Crippen LogP) is 3.70. The van der Waals surface area contributed by atoms with Crippen molar-refractivity contribution in [1.82, 2.24) is 14.8 Å². The molecule has 29 heavy (non-hydrogen) atoms. The van der Waals surface area contributed by atoms with Crippen LogP contribution in [-0.4, -0.2) is 25.0 Å². The molecule has 0 bridgehead atoms. The molecule has 2 amide bonds. The van der Waals surface area contributed by atoms with E-state index in [-0.39, 0.29) is 27.0 Å². The zero-order chi connectivity index (χ0) is 21.6. The molecule has 0 fully saturated rings. The van der Waals surface area contributed by atoms with E-state index in [0.29, 0.717) is 31.4 Å². The highest BCUT2D eigenvalue weighted by Crippen LogP contribution is 2.38. The standard InChI is InChI=1S/C16H18ClF3N6O2S/c1-3-26-7-10(17)14(24-26)29(21,28)25-15(27)23-12-8(2)13(16(18,19)20)22-11-6-4-5-9(11)12/h7H,3-6H2,1-2H3,(H3,21,22,23,25,27,28). The monoisotopic (exact) mass is 450 g/mol. The third-order valence-electron chi connectivity index (χ3n) is 4.47. The van der Waals surface area contributed by atoms with Crippen molar-refractivity contribution < 1.29 is 22.2 Å². The maximum absolute atomic E-state index is 13.3. The lowest BCUT2D eigenvalue weighted by molar-refractivity contribution is -0.141. The average molecular weight is 451 g/mol. The van der Waals surface area contributed by atoms with Gasteiger partial charge in [-0.05, 0) is 38.7 Å². The molecular weight excluding hydrogens is 433 g/mol. The average Bonchev–Trinajstić information content (AvgIpc) is 3.22. The van der Waals surface area contributed by atoms with Gasteiger partial charge in [-0.15, -0.1) is 4.36 Å². The van der Waals surface area contributed by atoms with E-state index in [1.165, 1.54) is 17.8 Å². The van der Waals surface area contributed by atoms with E-state index in [4.69, 9.17) is 16.7 Å². The zero-order valence-electron chi connectivity index (χ0n) is 15.5. The van der Waals surface area contributed by atoms with E-state index in [0.717, 1.165) is 0 Å². The molecule has 0 saturated carbocycles. The number of aromatic nitrogens is 3. The molecule has 0 saturated heterocycles. The lowest BCUT2D eigenvalue weighted by atomic mass is 10.1. The van der Waals surface area contributed by atoms with Crippen LogP contribution >= 0.6 is 11.6 Å². The van der Waals surface area contributed by atoms with Crippen molar-refractivity contribution in [2.45, 2.75) is 50.9 Å². The van der Waals surface area contributed by atoms with E-state index in [9.17, 15) is 22.2 Å². The fraction of sp³-hybridized carbons (Fsp3) is 0.438. The van der Waals surface area contributed by atoms with Gasteiger partial charge in [0.05, 0.1) is 10.7 Å². The Morgan fingerprint density at radius 2 is 2.14 bits per heavy atom. The summed E-state index contributed by atoms with van der Waals surface area (Å²) in [6.07, 6.45) is -1.86. The minimum atomic E-state index is -4.68. The number of nitrogens with one attached hydrogen (secondary N) is 1. The summed E-state index contributed by atoms with van der Waals surface area (Å²) in [5, 5.41) is 11.6. The van der Waals surface area contributed by atoms with Crippen LogP contribution < -0.4 is 10.5 Å². The van der Waals surface area contributed by atoms with E-state index >= 15 is 0 Å². The molecule has 2 aromatic heterocycles. The van der Waals surface area contributed by atoms with Crippen LogP contribution in [0.3, 0.4) is 0 Å². The third kappa shape index (κ3) is 4.23. The van der Waals surface area contributed by atoms with Crippen LogP contribution in [0.5, 0.6) is 0 Å². The van der Waals surface area contributed by atoms with Gasteiger partial charge < -0.3 is 5.32 Å². The molecule has 3 N–H and O–H groups in total. The quantitative estimate of drug-likeness (QED) is 0.741. The first-order valence-electron chi connectivity index (χ1n) is 8.62. The second kappa shape index (κ2) is 7.58. The van der Waals surface area contributed by atoms with E-state index in [1.807, 2.05) is 0 Å². The van der Waals surface area contributed by atoms with Gasteiger partial charge in [-0.2, -0.15) is 18.3 Å². The second-order valence-corrected chi connectivity index (χ2v) is 8.58. The lowest BCUT2D eigenvalue weighted by Gasteiger charge is -2.17. The lowest BCUT2D eigenvalue weighted by Crippen LogP contribution is -2.21. The summed E-state index contributed by atoms with van der Waals surface area (Å²) in [5.41, 5.74) is -0.563. The summed E-state index contributed by atoms with van der Waals surface area (Å²) in [4.78, 5) is 16.1. The summed E-state index contributed by atoms with van der Waals surface area (Å²) < 4.78 is 57.4. The number of anilines is 1. The Labute approximate surface area is 169 Å². The minimum absolute atomic E-state index is 0.0313. The zero-order valence-corrected chi connectivity index (χ0v) is 17.1. The molecule has 158 valence electrons. The number of carbonyl (C=O) groups excluding carboxylic acids is 1. The van der Waals surface area contributed by atoms with Crippen LogP contribution in [0.1, 0.15) is 35.9 Å². The molecule has 1 aliphatic carbocycles. The number of carbonyl (C=O) groups is 1. The summed E-state index contributed by atoms with van der Waals surface area (Å²) in [7, 11) is -3.80. The molecule has 1 atom stereocenters. The first-order chi connectivity index (χ1) is 13.4. The number of alkyl halides is 3. The van der Waals surface area contributed by atoms with Gasteiger partial charge in [-0.1, -0.05) is 11.6 Å². The number of hydrogen-bond acceptors (Lipinski definition) is 4. The normalized spacial score (nSPS) is 15.7. The van der Waals surface area contributed by atoms with Crippen LogP contribution in [0.2, 0.25) is 5.02 Å². The van der Waals surface area contributed by atoms with Crippen molar-refractivity contribution in [2.24, 2.45) is 9.50 Å². The summed E-state index contributed by atoms with van der Waals surface area (Å²) in [6.45, 7) is 3.40. The van der Waals surface area contributed by atoms with E-state index in [2.05, 4.69) is 19.8 Å². The van der Waals surface area contributed by atoms with E-state index in [1.54, 1.807) is 6.92 Å². The number of pyridine rings is 1. The topological polar surface area (TPSA) is 115 Å². The molecule has 2 aromatic rings. The molecule has 0 spiro atoms. The van der Waals surface area contributed by atoms with Crippen molar-refractivity contribution in [2.75, 3.05) is 5.32 Å². The molecule has 13 heteroatoms. The van der Waals surface area contributed by atoms with Crippen LogP contribution in [0.15, 0.2) is 15.6 Å². The van der Waals surface area contributed by atoms with Crippen LogP contribution in [0.25, 0.3) is 0 Å². The first kappa shape index (κ1) is 21.5. The maximum Gasteiger partial charge on any atom is 0.433 e. The second-order valence-electron chi connectivity index (χ2n) is 6.46. The van der Waals surface area contributed by atoms with Crippen molar-refractivity contribution in [1.29, 1.82) is 0 Å². The Bertz CT molecular complexity index is 1110. The summed E-state index contributed by atoms with van der Waals surface area (Å²) in [5.74, 6) is 0. The molecular formula is C16H18ClF3N6O2S. The number of halogens is 4. The van der Waals surface area contributed by atoms with Crippen molar-refractivity contribution in [3.63, 3.8) is 0 Å². The molecule has 1 aliphatic rings. The minimum Gasteiger partial charge on any atom is -0.305 e. The Hall–Kier alpha value is -2.18. The first-order valence-corrected chi connectivity index (χ1v) is 10.6. The number of fused-ring (bicyclic) bond motifs is 1. The molecule has 0 radical (unpaired) electrons. The Balaban J connectivity index is 2.01. The molecule has 0 aromatic carbocycles. The summed E-state index contributed by atoms with van der Waals surface area (Å²) >= 11 is 5.96. The number of rotatable bonds is 3. The highest BCUT2D eigenvalue weighted by molar-refractivity contribution is 7.91. The Morgan fingerprint density at radius 3 is 2.72 bits per heavy atom. The van der Waals surface area contributed by atoms with Gasteiger partial charge in [0, 0.05) is 24.0 Å². The number of amides is 2. The highest BCUT2D eigenvalue weighted by Gasteiger charge is 2.38. The number of nitrogens with zero attached hydrogens (tertiary/aromatic N) is 4. The largest absolute Gasteiger partial charge is 0.433 e. The van der Waals surface area contributed by atoms with Gasteiger partial charge in [0.15, 0.2) is 14.9 Å². The molecule has 0 aliphatic heterocycles. The van der Waals surface area contributed by atoms with Crippen molar-refractivity contribution in [3.8, 4) is 0 Å². The number of urea groups is 1. The van der Waals surface area contributed by atoms with Crippen LogP contribution in [0, 0.1) is 6.92 Å². The highest BCUT2D eigenvalue weighted by atomic mass is 35.5. The number of aryl methyl sites for hydroxylation is 2. The predicted molar refractivity (Wildman–Crippen MR) is 101 cm³/mol. The maximum atomic E-state index is 13.3. The Morgan fingerprint density at radius 1 is 1.45 bits per heavy atom. The molecule has 3 rings (SSSR count). The fourth-order valence-corrected chi connectivity index (χ4v) is 4.58. The SMILES string of the molecule is CCn1cc(Cl)c(S(N)(=O)=NC(=O)Nc2c(C)c(C(F)(F)F)nc3c2CCC3)n1. The van der Waals surface area contributed by atoms with Crippen LogP contribution in [0.4, 0.5) is 23.7 Å². The fourth-order valence-electron chi connectivity index (χ4n) is 3.16. The van der Waals surface area contributed by atoms with Gasteiger partial charge in [-0.25, -0.2) is 19.1 Å². The van der Waals surface area contributed by atoms with Crippen LogP contribution in [-0.2, 0) is 35.5 Å². The van der Waals surface area contributed by atoms with E-state index < -0.39 is 27.8 Å². The van der Waals surface area contributed by atoms with Gasteiger partial charge in [-0.3, -0.25) is 4.68 Å². The Kier molecular flexibility index (Phi) is 5.62. The number of hydrogen-bond donors (Lipinski definition) is 2. The van der Waals surface area contributed by atoms with Crippen molar-refractivity contribution in [3.05, 3.63) is 33.7 Å². The number of nitrogens with two attached hydrogens (primary N) is 1.